The molecule has 4 rings (SSSR count). The minimum Gasteiger partial charge on any atom is -0.507 e. The molecule has 9 heteroatoms. The van der Waals surface area contributed by atoms with Gasteiger partial charge in [0.2, 0.25) is 6.29 Å². The summed E-state index contributed by atoms with van der Waals surface area (Å²) in [6, 6.07) is 11.6. The minimum atomic E-state index is -1.64. The molecule has 5 N–H and O–H groups in total. The third kappa shape index (κ3) is 4.34. The summed E-state index contributed by atoms with van der Waals surface area (Å²) in [6.07, 6.45) is -5.35. The molecule has 1 aliphatic heterocycles. The number of furan rings is 1. The SMILES string of the molecule is O=C(CCc1ccc2occc2c1)c1c(O)cccc1O[C@@H]1O[C@H](CO)[C@@H](O)[C@H](O)[C@H]1O. The van der Waals surface area contributed by atoms with Crippen molar-refractivity contribution in [2.45, 2.75) is 43.5 Å². The first kappa shape index (κ1) is 22.3. The van der Waals surface area contributed by atoms with Crippen molar-refractivity contribution in [2.24, 2.45) is 0 Å². The summed E-state index contributed by atoms with van der Waals surface area (Å²) < 4.78 is 16.3. The average molecular weight is 444 g/mol. The first-order valence-electron chi connectivity index (χ1n) is 10.2. The summed E-state index contributed by atoms with van der Waals surface area (Å²) >= 11 is 0. The quantitative estimate of drug-likeness (QED) is 0.338. The van der Waals surface area contributed by atoms with Gasteiger partial charge in [-0.05, 0) is 42.3 Å². The lowest BCUT2D eigenvalue weighted by Gasteiger charge is -2.39. The zero-order chi connectivity index (χ0) is 22.8. The molecule has 2 aromatic carbocycles. The van der Waals surface area contributed by atoms with Crippen LogP contribution in [0.5, 0.6) is 11.5 Å². The summed E-state index contributed by atoms with van der Waals surface area (Å²) in [4.78, 5) is 12.9. The highest BCUT2D eigenvalue weighted by Gasteiger charge is 2.45. The molecule has 170 valence electrons. The van der Waals surface area contributed by atoms with E-state index in [0.29, 0.717) is 6.42 Å². The molecule has 0 amide bonds. The van der Waals surface area contributed by atoms with Crippen LogP contribution in [0.25, 0.3) is 11.0 Å². The van der Waals surface area contributed by atoms with Crippen LogP contribution in [-0.4, -0.2) is 68.6 Å². The van der Waals surface area contributed by atoms with E-state index in [1.54, 1.807) is 6.26 Å². The van der Waals surface area contributed by atoms with Crippen LogP contribution in [0.4, 0.5) is 0 Å². The monoisotopic (exact) mass is 444 g/mol. The van der Waals surface area contributed by atoms with Crippen LogP contribution in [0, 0.1) is 0 Å². The molecular weight excluding hydrogens is 420 g/mol. The molecule has 9 nitrogen and oxygen atoms in total. The Morgan fingerprint density at radius 3 is 2.62 bits per heavy atom. The number of aliphatic hydroxyl groups excluding tert-OH is 4. The van der Waals surface area contributed by atoms with Crippen molar-refractivity contribution in [3.05, 3.63) is 59.9 Å². The van der Waals surface area contributed by atoms with Crippen LogP contribution in [0.15, 0.2) is 53.1 Å². The van der Waals surface area contributed by atoms with Crippen LogP contribution in [0.2, 0.25) is 0 Å². The summed E-state index contributed by atoms with van der Waals surface area (Å²) in [5.41, 5.74) is 1.57. The zero-order valence-electron chi connectivity index (χ0n) is 17.0. The Bertz CT molecular complexity index is 1090. The zero-order valence-corrected chi connectivity index (χ0v) is 17.0. The number of carbonyl (C=O) groups excluding carboxylic acids is 1. The summed E-state index contributed by atoms with van der Waals surface area (Å²) in [5, 5.41) is 50.6. The molecule has 1 aromatic heterocycles. The summed E-state index contributed by atoms with van der Waals surface area (Å²) in [5.74, 6) is -0.748. The van der Waals surface area contributed by atoms with Crippen LogP contribution >= 0.6 is 0 Å². The molecule has 3 aromatic rings. The lowest BCUT2D eigenvalue weighted by molar-refractivity contribution is -0.277. The number of benzene rings is 2. The third-order valence-electron chi connectivity index (χ3n) is 5.53. The van der Waals surface area contributed by atoms with Crippen molar-refractivity contribution in [1.82, 2.24) is 0 Å². The van der Waals surface area contributed by atoms with Crippen molar-refractivity contribution in [3.8, 4) is 11.5 Å². The van der Waals surface area contributed by atoms with E-state index in [-0.39, 0.29) is 23.5 Å². The predicted octanol–water partition coefficient (Wildman–Crippen LogP) is 1.13. The maximum Gasteiger partial charge on any atom is 0.229 e. The second-order valence-electron chi connectivity index (χ2n) is 7.68. The van der Waals surface area contributed by atoms with E-state index in [1.807, 2.05) is 24.3 Å². The Morgan fingerprint density at radius 1 is 1.03 bits per heavy atom. The van der Waals surface area contributed by atoms with Crippen molar-refractivity contribution >= 4 is 16.8 Å². The normalized spacial score (nSPS) is 25.7. The van der Waals surface area contributed by atoms with Gasteiger partial charge < -0.3 is 39.4 Å². The molecule has 0 bridgehead atoms. The number of phenolic OH excluding ortho intramolecular Hbond substituents is 1. The number of Topliss-reactive ketones (excluding diaryl/α,β-unsaturated/α-hetero) is 1. The van der Waals surface area contributed by atoms with Gasteiger partial charge in [0.15, 0.2) is 5.78 Å². The smallest absolute Gasteiger partial charge is 0.229 e. The molecular formula is C23H24O9. The van der Waals surface area contributed by atoms with E-state index in [0.717, 1.165) is 16.5 Å². The van der Waals surface area contributed by atoms with Gasteiger partial charge in [-0.25, -0.2) is 0 Å². The number of phenols is 1. The fourth-order valence-corrected chi connectivity index (χ4v) is 3.74. The predicted molar refractivity (Wildman–Crippen MR) is 111 cm³/mol. The lowest BCUT2D eigenvalue weighted by atomic mass is 9.99. The van der Waals surface area contributed by atoms with Gasteiger partial charge in [-0.3, -0.25) is 4.79 Å². The van der Waals surface area contributed by atoms with Gasteiger partial charge in [-0.15, -0.1) is 0 Å². The Hall–Kier alpha value is -2.95. The number of ketones is 1. The number of hydrogen-bond acceptors (Lipinski definition) is 9. The standard InChI is InChI=1S/C23H24O9/c24-11-18-20(27)21(28)22(29)23(32-18)31-17-3-1-2-14(25)19(17)15(26)6-4-12-5-7-16-13(10-12)8-9-30-16/h1-3,5,7-10,18,20-25,27-29H,4,6,11H2/t18-,20-,21+,22-,23-/m1/s1. The topological polar surface area (TPSA) is 150 Å². The fraction of sp³-hybridized carbons (Fsp3) is 0.348. The third-order valence-corrected chi connectivity index (χ3v) is 5.53. The number of fused-ring (bicyclic) bond motifs is 1. The second kappa shape index (κ2) is 9.27. The highest BCUT2D eigenvalue weighted by atomic mass is 16.7. The number of ether oxygens (including phenoxy) is 2. The molecule has 0 aliphatic carbocycles. The van der Waals surface area contributed by atoms with Crippen molar-refractivity contribution in [2.75, 3.05) is 6.61 Å². The summed E-state index contributed by atoms with van der Waals surface area (Å²) in [6.45, 7) is -0.613. The lowest BCUT2D eigenvalue weighted by Crippen LogP contribution is -2.60. The Morgan fingerprint density at radius 2 is 1.84 bits per heavy atom. The van der Waals surface area contributed by atoms with Gasteiger partial charge in [0.05, 0.1) is 12.9 Å². The summed E-state index contributed by atoms with van der Waals surface area (Å²) in [7, 11) is 0. The van der Waals surface area contributed by atoms with Gasteiger partial charge in [0.1, 0.15) is 47.1 Å². The van der Waals surface area contributed by atoms with Gasteiger partial charge in [0.25, 0.3) is 0 Å². The molecule has 0 saturated carbocycles. The highest BCUT2D eigenvalue weighted by Crippen LogP contribution is 2.32. The number of rotatable bonds is 7. The molecule has 1 fully saturated rings. The number of aryl methyl sites for hydroxylation is 1. The average Bonchev–Trinajstić information content (AvgIpc) is 3.26. The molecule has 0 unspecified atom stereocenters. The van der Waals surface area contributed by atoms with Crippen LogP contribution in [0.1, 0.15) is 22.3 Å². The van der Waals surface area contributed by atoms with Gasteiger partial charge in [-0.1, -0.05) is 12.1 Å². The first-order valence-corrected chi connectivity index (χ1v) is 10.2. The van der Waals surface area contributed by atoms with Gasteiger partial charge >= 0.3 is 0 Å². The molecule has 1 aliphatic rings. The van der Waals surface area contributed by atoms with E-state index in [2.05, 4.69) is 0 Å². The molecule has 2 heterocycles. The number of hydrogen-bond donors (Lipinski definition) is 5. The molecule has 0 radical (unpaired) electrons. The van der Waals surface area contributed by atoms with E-state index in [4.69, 9.17) is 13.9 Å². The van der Waals surface area contributed by atoms with Crippen molar-refractivity contribution < 1.29 is 44.2 Å². The van der Waals surface area contributed by atoms with E-state index >= 15 is 0 Å². The Kier molecular flexibility index (Phi) is 6.45. The van der Waals surface area contributed by atoms with Gasteiger partial charge in [-0.2, -0.15) is 0 Å². The molecule has 0 spiro atoms. The van der Waals surface area contributed by atoms with E-state index in [9.17, 15) is 30.3 Å². The number of aromatic hydroxyl groups is 1. The van der Waals surface area contributed by atoms with Gasteiger partial charge in [0, 0.05) is 11.8 Å². The molecule has 1 saturated heterocycles. The molecule has 32 heavy (non-hydrogen) atoms. The van der Waals surface area contributed by atoms with E-state index < -0.39 is 43.1 Å². The maximum absolute atomic E-state index is 12.9. The second-order valence-corrected chi connectivity index (χ2v) is 7.68. The van der Waals surface area contributed by atoms with Crippen LogP contribution < -0.4 is 4.74 Å². The Balaban J connectivity index is 1.51. The Labute approximate surface area is 183 Å². The van der Waals surface area contributed by atoms with Crippen LogP contribution in [-0.2, 0) is 11.2 Å². The van der Waals surface area contributed by atoms with Crippen LogP contribution in [0.3, 0.4) is 0 Å². The van der Waals surface area contributed by atoms with Crippen molar-refractivity contribution in [3.63, 3.8) is 0 Å². The minimum absolute atomic E-state index is 0.0513. The molecule has 5 atom stereocenters. The first-order chi connectivity index (χ1) is 15.4. The number of carbonyl (C=O) groups is 1. The highest BCUT2D eigenvalue weighted by molar-refractivity contribution is 6.01. The number of aliphatic hydroxyl groups is 4. The van der Waals surface area contributed by atoms with E-state index in [1.165, 1.54) is 18.2 Å². The maximum atomic E-state index is 12.9. The largest absolute Gasteiger partial charge is 0.507 e. The fourth-order valence-electron chi connectivity index (χ4n) is 3.74. The van der Waals surface area contributed by atoms with Crippen molar-refractivity contribution in [1.29, 1.82) is 0 Å².